The summed E-state index contributed by atoms with van der Waals surface area (Å²) in [6, 6.07) is 16.7. The van der Waals surface area contributed by atoms with Crippen molar-refractivity contribution in [2.45, 2.75) is 12.8 Å². The molecule has 4 aromatic rings. The van der Waals surface area contributed by atoms with E-state index >= 15 is 0 Å². The molecular weight excluding hydrogens is 440 g/mol. The van der Waals surface area contributed by atoms with Gasteiger partial charge in [0.1, 0.15) is 22.8 Å². The van der Waals surface area contributed by atoms with Gasteiger partial charge in [0.05, 0.1) is 12.3 Å². The van der Waals surface area contributed by atoms with Gasteiger partial charge in [-0.1, -0.05) is 18.2 Å². The van der Waals surface area contributed by atoms with E-state index in [9.17, 15) is 19.2 Å². The number of nitrogens with one attached hydrogen (secondary N) is 1. The van der Waals surface area contributed by atoms with Crippen molar-refractivity contribution in [3.05, 3.63) is 91.9 Å². The molecular formula is C24H22N4O6. The highest BCUT2D eigenvalue weighted by molar-refractivity contribution is 5.93. The van der Waals surface area contributed by atoms with E-state index in [2.05, 4.69) is 5.32 Å². The van der Waals surface area contributed by atoms with Crippen LogP contribution >= 0.6 is 0 Å². The molecule has 3 N–H and O–H groups in total. The molecule has 0 unspecified atom stereocenters. The SMILES string of the molecule is Cn1c(=O)c(NC(=O)CCCOc2ccc3ccc(=O)oc3c2)c(N)n(-c2ccccc2)c1=O. The zero-order valence-corrected chi connectivity index (χ0v) is 18.3. The molecule has 2 heterocycles. The smallest absolute Gasteiger partial charge is 0.337 e. The van der Waals surface area contributed by atoms with Crippen molar-refractivity contribution < 1.29 is 13.9 Å². The number of anilines is 2. The Morgan fingerprint density at radius 2 is 1.79 bits per heavy atom. The van der Waals surface area contributed by atoms with Crippen LogP contribution in [0.2, 0.25) is 0 Å². The number of amides is 1. The molecule has 0 radical (unpaired) electrons. The van der Waals surface area contributed by atoms with Crippen LogP contribution in [0.3, 0.4) is 0 Å². The molecule has 2 aromatic heterocycles. The molecule has 34 heavy (non-hydrogen) atoms. The first-order chi connectivity index (χ1) is 16.3. The molecule has 0 fully saturated rings. The topological polar surface area (TPSA) is 139 Å². The van der Waals surface area contributed by atoms with Crippen molar-refractivity contribution in [3.8, 4) is 11.4 Å². The van der Waals surface area contributed by atoms with Gasteiger partial charge in [0, 0.05) is 31.0 Å². The van der Waals surface area contributed by atoms with E-state index in [4.69, 9.17) is 14.9 Å². The fraction of sp³-hybridized carbons (Fsp3) is 0.167. The monoisotopic (exact) mass is 462 g/mol. The number of para-hydroxylation sites is 1. The normalized spacial score (nSPS) is 10.9. The van der Waals surface area contributed by atoms with Crippen molar-refractivity contribution >= 4 is 28.4 Å². The van der Waals surface area contributed by atoms with E-state index in [1.54, 1.807) is 54.6 Å². The van der Waals surface area contributed by atoms with E-state index in [1.807, 2.05) is 0 Å². The molecule has 0 aliphatic carbocycles. The van der Waals surface area contributed by atoms with E-state index in [1.165, 1.54) is 13.1 Å². The third-order valence-corrected chi connectivity index (χ3v) is 5.18. The third-order valence-electron chi connectivity index (χ3n) is 5.18. The highest BCUT2D eigenvalue weighted by Crippen LogP contribution is 2.20. The Bertz CT molecular complexity index is 1540. The van der Waals surface area contributed by atoms with E-state index in [0.717, 1.165) is 14.5 Å². The molecule has 0 bridgehead atoms. The maximum Gasteiger partial charge on any atom is 0.337 e. The second-order valence-electron chi connectivity index (χ2n) is 7.53. The number of nitrogens with zero attached hydrogens (tertiary/aromatic N) is 2. The van der Waals surface area contributed by atoms with Crippen LogP contribution < -0.4 is 32.7 Å². The minimum atomic E-state index is -0.697. The summed E-state index contributed by atoms with van der Waals surface area (Å²) in [6.07, 6.45) is 0.400. The number of nitrogen functional groups attached to an aromatic ring is 1. The second-order valence-corrected chi connectivity index (χ2v) is 7.53. The van der Waals surface area contributed by atoms with Crippen LogP contribution in [0.25, 0.3) is 16.7 Å². The van der Waals surface area contributed by atoms with Crippen molar-refractivity contribution in [2.24, 2.45) is 7.05 Å². The fourth-order valence-electron chi connectivity index (χ4n) is 3.43. The van der Waals surface area contributed by atoms with Crippen molar-refractivity contribution in [1.82, 2.24) is 9.13 Å². The second kappa shape index (κ2) is 9.49. The van der Waals surface area contributed by atoms with E-state index in [-0.39, 0.29) is 24.5 Å². The van der Waals surface area contributed by atoms with Gasteiger partial charge in [-0.2, -0.15) is 0 Å². The first kappa shape index (κ1) is 22.6. The maximum absolute atomic E-state index is 12.6. The molecule has 4 rings (SSSR count). The quantitative estimate of drug-likeness (QED) is 0.316. The summed E-state index contributed by atoms with van der Waals surface area (Å²) in [5.41, 5.74) is 5.04. The number of benzene rings is 2. The highest BCUT2D eigenvalue weighted by Gasteiger charge is 2.18. The standard InChI is InChI=1S/C24H22N4O6/c1-27-23(31)21(22(25)28(24(27)32)16-6-3-2-4-7-16)26-19(29)8-5-13-33-17-11-9-15-10-12-20(30)34-18(15)14-17/h2-4,6-7,9-12,14H,5,8,13,25H2,1H3,(H,26,29). The van der Waals surface area contributed by atoms with Crippen molar-refractivity contribution in [2.75, 3.05) is 17.7 Å². The van der Waals surface area contributed by atoms with E-state index in [0.29, 0.717) is 23.4 Å². The molecule has 0 saturated carbocycles. The van der Waals surface area contributed by atoms with Crippen LogP contribution in [0.1, 0.15) is 12.8 Å². The largest absolute Gasteiger partial charge is 0.493 e. The summed E-state index contributed by atoms with van der Waals surface area (Å²) >= 11 is 0. The molecule has 174 valence electrons. The number of fused-ring (bicyclic) bond motifs is 1. The molecule has 0 aliphatic heterocycles. The molecule has 0 atom stereocenters. The van der Waals surface area contributed by atoms with Crippen LogP contribution in [0.4, 0.5) is 11.5 Å². The molecule has 1 amide bonds. The molecule has 10 nitrogen and oxygen atoms in total. The Kier molecular flexibility index (Phi) is 6.30. The van der Waals surface area contributed by atoms with Gasteiger partial charge in [-0.05, 0) is 36.8 Å². The summed E-state index contributed by atoms with van der Waals surface area (Å²) in [5, 5.41) is 3.29. The number of ether oxygens (including phenoxy) is 1. The van der Waals surface area contributed by atoms with Crippen LogP contribution in [-0.4, -0.2) is 21.6 Å². The lowest BCUT2D eigenvalue weighted by atomic mass is 10.2. The summed E-state index contributed by atoms with van der Waals surface area (Å²) < 4.78 is 12.8. The van der Waals surface area contributed by atoms with Gasteiger partial charge < -0.3 is 20.2 Å². The summed E-state index contributed by atoms with van der Waals surface area (Å²) in [5.74, 6) is -0.105. The number of carbonyl (C=O) groups is 1. The molecule has 0 aliphatic rings. The number of nitrogens with two attached hydrogens (primary N) is 1. The number of aromatic nitrogens is 2. The van der Waals surface area contributed by atoms with Crippen molar-refractivity contribution in [1.29, 1.82) is 0 Å². The average molecular weight is 462 g/mol. The number of rotatable bonds is 7. The minimum absolute atomic E-state index is 0.0513. The predicted molar refractivity (Wildman–Crippen MR) is 128 cm³/mol. The molecule has 10 heteroatoms. The zero-order valence-electron chi connectivity index (χ0n) is 18.3. The minimum Gasteiger partial charge on any atom is -0.493 e. The lowest BCUT2D eigenvalue weighted by molar-refractivity contribution is -0.116. The molecule has 0 saturated heterocycles. The fourth-order valence-corrected chi connectivity index (χ4v) is 3.43. The summed E-state index contributed by atoms with van der Waals surface area (Å²) in [4.78, 5) is 49.0. The highest BCUT2D eigenvalue weighted by atomic mass is 16.5. The first-order valence-corrected chi connectivity index (χ1v) is 10.5. The van der Waals surface area contributed by atoms with Gasteiger partial charge in [-0.25, -0.2) is 14.2 Å². The third kappa shape index (κ3) is 4.60. The van der Waals surface area contributed by atoms with Gasteiger partial charge in [-0.15, -0.1) is 0 Å². The Balaban J connectivity index is 1.42. The maximum atomic E-state index is 12.6. The van der Waals surface area contributed by atoms with Gasteiger partial charge in [-0.3, -0.25) is 14.2 Å². The summed E-state index contributed by atoms with van der Waals surface area (Å²) in [7, 11) is 1.32. The summed E-state index contributed by atoms with van der Waals surface area (Å²) in [6.45, 7) is 0.215. The predicted octanol–water partition coefficient (Wildman–Crippen LogP) is 2.02. The Morgan fingerprint density at radius 1 is 1.06 bits per heavy atom. The number of carbonyl (C=O) groups excluding carboxylic acids is 1. The first-order valence-electron chi connectivity index (χ1n) is 10.5. The Hall–Kier alpha value is -4.60. The van der Waals surface area contributed by atoms with Gasteiger partial charge in [0.2, 0.25) is 5.91 Å². The Morgan fingerprint density at radius 3 is 2.56 bits per heavy atom. The van der Waals surface area contributed by atoms with Crippen LogP contribution in [0.15, 0.2) is 79.5 Å². The lowest BCUT2D eigenvalue weighted by Crippen LogP contribution is -2.40. The lowest BCUT2D eigenvalue weighted by Gasteiger charge is -2.15. The average Bonchev–Trinajstić information content (AvgIpc) is 2.84. The van der Waals surface area contributed by atoms with E-state index < -0.39 is 22.8 Å². The van der Waals surface area contributed by atoms with Crippen LogP contribution in [0.5, 0.6) is 5.75 Å². The number of hydrogen-bond acceptors (Lipinski definition) is 7. The zero-order chi connectivity index (χ0) is 24.2. The van der Waals surface area contributed by atoms with Crippen molar-refractivity contribution in [3.63, 3.8) is 0 Å². The van der Waals surface area contributed by atoms with Crippen LogP contribution in [0, 0.1) is 0 Å². The molecule has 2 aromatic carbocycles. The van der Waals surface area contributed by atoms with Gasteiger partial charge in [0.15, 0.2) is 0 Å². The van der Waals surface area contributed by atoms with Gasteiger partial charge >= 0.3 is 11.3 Å². The van der Waals surface area contributed by atoms with Gasteiger partial charge in [0.25, 0.3) is 5.56 Å². The Labute approximate surface area is 192 Å². The molecule has 0 spiro atoms. The number of hydrogen-bond donors (Lipinski definition) is 2. The van der Waals surface area contributed by atoms with Crippen LogP contribution in [-0.2, 0) is 11.8 Å².